The molecule has 1 N–H and O–H groups in total. The minimum atomic E-state index is -3.81. The summed E-state index contributed by atoms with van der Waals surface area (Å²) in [6.45, 7) is 0. The van der Waals surface area contributed by atoms with Gasteiger partial charge in [0.15, 0.2) is 0 Å². The van der Waals surface area contributed by atoms with Gasteiger partial charge in [0.1, 0.15) is 5.75 Å². The summed E-state index contributed by atoms with van der Waals surface area (Å²) in [7, 11) is -2.28. The molecule has 0 aromatic heterocycles. The number of nitrogens with zero attached hydrogens (tertiary/aromatic N) is 1. The fourth-order valence-electron chi connectivity index (χ4n) is 4.80. The number of carbonyl (C=O) groups is 2. The van der Waals surface area contributed by atoms with Crippen LogP contribution in [0.25, 0.3) is 0 Å². The van der Waals surface area contributed by atoms with Gasteiger partial charge in [-0.05, 0) is 66.8 Å². The van der Waals surface area contributed by atoms with Crippen LogP contribution in [0.1, 0.15) is 6.42 Å². The zero-order chi connectivity index (χ0) is 21.0. The second-order valence-electron chi connectivity index (χ2n) is 7.84. The number of sulfonamides is 1. The Bertz CT molecular complexity index is 1130. The van der Waals surface area contributed by atoms with Crippen LogP contribution in [-0.2, 0) is 19.6 Å². The number of nitrogens with one attached hydrogen (secondary N) is 1. The number of methoxy groups -OCH3 is 1. The normalized spacial score (nSPS) is 26.9. The van der Waals surface area contributed by atoms with Crippen LogP contribution in [0, 0.1) is 23.7 Å². The van der Waals surface area contributed by atoms with Crippen molar-refractivity contribution in [2.75, 3.05) is 16.7 Å². The van der Waals surface area contributed by atoms with Crippen molar-refractivity contribution in [2.24, 2.45) is 23.7 Å². The highest BCUT2D eigenvalue weighted by Gasteiger charge is 2.59. The van der Waals surface area contributed by atoms with Gasteiger partial charge in [0.25, 0.3) is 10.0 Å². The molecule has 154 valence electrons. The van der Waals surface area contributed by atoms with Crippen molar-refractivity contribution in [3.63, 3.8) is 0 Å². The topological polar surface area (TPSA) is 92.8 Å². The molecule has 7 nitrogen and oxygen atoms in total. The molecule has 5 rings (SSSR count). The van der Waals surface area contributed by atoms with Crippen molar-refractivity contribution in [1.82, 2.24) is 0 Å². The lowest BCUT2D eigenvalue weighted by Gasteiger charge is -2.17. The van der Waals surface area contributed by atoms with Crippen molar-refractivity contribution >= 4 is 33.2 Å². The number of carbonyl (C=O) groups excluding carboxylic acids is 2. The number of fused-ring (bicyclic) bond motifs is 5. The third-order valence-electron chi connectivity index (χ3n) is 6.22. The molecule has 2 aromatic carbocycles. The molecule has 1 saturated heterocycles. The van der Waals surface area contributed by atoms with E-state index in [9.17, 15) is 18.0 Å². The van der Waals surface area contributed by atoms with Crippen LogP contribution in [0.15, 0.2) is 65.6 Å². The number of ether oxygens (including phenoxy) is 1. The van der Waals surface area contributed by atoms with E-state index in [0.29, 0.717) is 17.1 Å². The summed E-state index contributed by atoms with van der Waals surface area (Å²) >= 11 is 0. The van der Waals surface area contributed by atoms with Crippen LogP contribution in [0.2, 0.25) is 0 Å². The average Bonchev–Trinajstić information content (AvgIpc) is 3.42. The fraction of sp³-hybridized carbons (Fsp3) is 0.273. The first-order valence-electron chi connectivity index (χ1n) is 9.72. The third kappa shape index (κ3) is 2.82. The second-order valence-corrected chi connectivity index (χ2v) is 9.52. The van der Waals surface area contributed by atoms with Gasteiger partial charge in [-0.3, -0.25) is 19.2 Å². The smallest absolute Gasteiger partial charge is 0.261 e. The molecular weight excluding hydrogens is 404 g/mol. The summed E-state index contributed by atoms with van der Waals surface area (Å²) in [5.74, 6) is -0.0526. The molecule has 2 aliphatic carbocycles. The second kappa shape index (κ2) is 6.70. The largest absolute Gasteiger partial charge is 0.497 e. The molecule has 8 heteroatoms. The van der Waals surface area contributed by atoms with E-state index in [1.54, 1.807) is 24.3 Å². The molecular formula is C22H20N2O5S. The molecule has 2 unspecified atom stereocenters. The highest BCUT2D eigenvalue weighted by molar-refractivity contribution is 7.92. The van der Waals surface area contributed by atoms with E-state index in [2.05, 4.69) is 4.72 Å². The number of imide groups is 1. The zero-order valence-corrected chi connectivity index (χ0v) is 17.0. The van der Waals surface area contributed by atoms with E-state index in [1.807, 2.05) is 12.2 Å². The number of benzene rings is 2. The van der Waals surface area contributed by atoms with E-state index >= 15 is 0 Å². The quantitative estimate of drug-likeness (QED) is 0.589. The lowest BCUT2D eigenvalue weighted by Crippen LogP contribution is -2.32. The van der Waals surface area contributed by atoms with Crippen molar-refractivity contribution in [2.45, 2.75) is 11.3 Å². The predicted octanol–water partition coefficient (Wildman–Crippen LogP) is 2.81. The first-order valence-corrected chi connectivity index (χ1v) is 11.2. The maximum atomic E-state index is 12.9. The maximum Gasteiger partial charge on any atom is 0.261 e. The number of allylic oxidation sites excluding steroid dienone is 2. The average molecular weight is 424 g/mol. The Morgan fingerprint density at radius 1 is 0.900 bits per heavy atom. The lowest BCUT2D eigenvalue weighted by molar-refractivity contribution is -0.123. The van der Waals surface area contributed by atoms with Crippen LogP contribution < -0.4 is 14.4 Å². The van der Waals surface area contributed by atoms with Crippen LogP contribution in [0.5, 0.6) is 5.75 Å². The van der Waals surface area contributed by atoms with Gasteiger partial charge >= 0.3 is 0 Å². The van der Waals surface area contributed by atoms with Gasteiger partial charge in [-0.1, -0.05) is 12.2 Å². The monoisotopic (exact) mass is 424 g/mol. The van der Waals surface area contributed by atoms with E-state index in [1.165, 1.54) is 36.3 Å². The van der Waals surface area contributed by atoms with Crippen molar-refractivity contribution in [1.29, 1.82) is 0 Å². The van der Waals surface area contributed by atoms with Gasteiger partial charge in [0, 0.05) is 5.69 Å². The first kappa shape index (κ1) is 18.9. The van der Waals surface area contributed by atoms with Crippen LogP contribution in [-0.4, -0.2) is 27.3 Å². The maximum absolute atomic E-state index is 12.9. The van der Waals surface area contributed by atoms with E-state index in [4.69, 9.17) is 4.74 Å². The van der Waals surface area contributed by atoms with E-state index in [-0.39, 0.29) is 40.4 Å². The Balaban J connectivity index is 1.36. The Morgan fingerprint density at radius 2 is 1.47 bits per heavy atom. The van der Waals surface area contributed by atoms with Gasteiger partial charge in [0.2, 0.25) is 11.8 Å². The highest BCUT2D eigenvalue weighted by atomic mass is 32.2. The predicted molar refractivity (Wildman–Crippen MR) is 110 cm³/mol. The summed E-state index contributed by atoms with van der Waals surface area (Å²) in [6, 6.07) is 12.4. The summed E-state index contributed by atoms with van der Waals surface area (Å²) in [5, 5.41) is 0. The molecule has 2 aromatic rings. The molecule has 0 radical (unpaired) electrons. The van der Waals surface area contributed by atoms with Gasteiger partial charge in [-0.15, -0.1) is 0 Å². The minimum absolute atomic E-state index is 0.0445. The van der Waals surface area contributed by atoms with Crippen molar-refractivity contribution < 1.29 is 22.7 Å². The number of hydrogen-bond donors (Lipinski definition) is 1. The van der Waals surface area contributed by atoms with Crippen LogP contribution >= 0.6 is 0 Å². The number of hydrogen-bond acceptors (Lipinski definition) is 5. The zero-order valence-electron chi connectivity index (χ0n) is 16.2. The summed E-state index contributed by atoms with van der Waals surface area (Å²) in [6.07, 6.45) is 4.96. The Hall–Kier alpha value is -3.13. The van der Waals surface area contributed by atoms with Gasteiger partial charge < -0.3 is 4.74 Å². The fourth-order valence-corrected chi connectivity index (χ4v) is 5.86. The summed E-state index contributed by atoms with van der Waals surface area (Å²) in [4.78, 5) is 27.0. The molecule has 2 bridgehead atoms. The molecule has 0 spiro atoms. The first-order chi connectivity index (χ1) is 14.4. The molecule has 1 aliphatic heterocycles. The third-order valence-corrected chi connectivity index (χ3v) is 7.61. The Morgan fingerprint density at radius 3 is 2.00 bits per heavy atom. The molecule has 2 fully saturated rings. The highest BCUT2D eigenvalue weighted by Crippen LogP contribution is 2.53. The molecule has 3 aliphatic rings. The van der Waals surface area contributed by atoms with Crippen LogP contribution in [0.4, 0.5) is 11.4 Å². The number of anilines is 2. The molecule has 1 saturated carbocycles. The van der Waals surface area contributed by atoms with E-state index < -0.39 is 10.0 Å². The number of rotatable bonds is 5. The van der Waals surface area contributed by atoms with E-state index in [0.717, 1.165) is 6.42 Å². The SMILES string of the molecule is COc1ccc(NS(=O)(=O)c2ccc(N3C(=O)C4[C@@H](C3=O)C3C=C[C@@H]4C3)cc2)cc1. The molecule has 4 atom stereocenters. The molecule has 1 heterocycles. The molecule has 2 amide bonds. The van der Waals surface area contributed by atoms with Crippen molar-refractivity contribution in [3.05, 3.63) is 60.7 Å². The molecule has 30 heavy (non-hydrogen) atoms. The Kier molecular flexibility index (Phi) is 4.21. The Labute approximate surface area is 174 Å². The number of amides is 2. The van der Waals surface area contributed by atoms with Crippen molar-refractivity contribution in [3.8, 4) is 5.75 Å². The van der Waals surface area contributed by atoms with Gasteiger partial charge in [-0.2, -0.15) is 0 Å². The van der Waals surface area contributed by atoms with Gasteiger partial charge in [-0.25, -0.2) is 8.42 Å². The van der Waals surface area contributed by atoms with Crippen LogP contribution in [0.3, 0.4) is 0 Å². The standard InChI is InChI=1S/C22H20N2O5S/c1-29-17-8-4-15(5-9-17)23-30(27,28)18-10-6-16(7-11-18)24-21(25)19-13-2-3-14(12-13)20(19)22(24)26/h2-11,13-14,19-20,23H,12H2,1H3/t13-,14?,19?,20+/m1/s1. The van der Waals surface area contributed by atoms with Gasteiger partial charge in [0.05, 0.1) is 29.5 Å². The lowest BCUT2D eigenvalue weighted by atomic mass is 9.85. The summed E-state index contributed by atoms with van der Waals surface area (Å²) in [5.41, 5.74) is 0.808. The summed E-state index contributed by atoms with van der Waals surface area (Å²) < 4.78 is 32.9. The minimum Gasteiger partial charge on any atom is -0.497 e.